The van der Waals surface area contributed by atoms with Crippen molar-refractivity contribution in [3.8, 4) is 0 Å². The van der Waals surface area contributed by atoms with Crippen LogP contribution in [0.1, 0.15) is 19.2 Å². The van der Waals surface area contributed by atoms with Crippen molar-refractivity contribution in [1.29, 1.82) is 0 Å². The van der Waals surface area contributed by atoms with Crippen molar-refractivity contribution < 1.29 is 4.79 Å². The van der Waals surface area contributed by atoms with Gasteiger partial charge < -0.3 is 16.0 Å². The van der Waals surface area contributed by atoms with Gasteiger partial charge in [0.15, 0.2) is 0 Å². The summed E-state index contributed by atoms with van der Waals surface area (Å²) in [6, 6.07) is 0. The third kappa shape index (κ3) is 4.12. The molecule has 84 valence electrons. The molecular formula is C10H18N4O. The molecule has 1 rings (SSSR count). The summed E-state index contributed by atoms with van der Waals surface area (Å²) in [5.41, 5.74) is 5.38. The molecule has 0 aliphatic carbocycles. The predicted octanol–water partition coefficient (Wildman–Crippen LogP) is 0.0533. The van der Waals surface area contributed by atoms with Gasteiger partial charge in [-0.1, -0.05) is 6.92 Å². The first-order valence-electron chi connectivity index (χ1n) is 5.20. The van der Waals surface area contributed by atoms with E-state index >= 15 is 0 Å². The molecule has 1 aromatic rings. The van der Waals surface area contributed by atoms with E-state index in [1.54, 1.807) is 12.4 Å². The highest BCUT2D eigenvalue weighted by atomic mass is 16.1. The van der Waals surface area contributed by atoms with E-state index in [0.717, 1.165) is 18.7 Å². The minimum atomic E-state index is -0.103. The molecule has 0 fully saturated rings. The molecule has 0 aliphatic heterocycles. The second-order valence-corrected chi connectivity index (χ2v) is 3.57. The molecular weight excluding hydrogens is 192 g/mol. The second kappa shape index (κ2) is 6.19. The van der Waals surface area contributed by atoms with Gasteiger partial charge in [0.05, 0.1) is 0 Å². The molecule has 0 aromatic carbocycles. The smallest absolute Gasteiger partial charge is 0.224 e. The Hall–Kier alpha value is -1.36. The Morgan fingerprint density at radius 1 is 1.73 bits per heavy atom. The molecule has 0 bridgehead atoms. The van der Waals surface area contributed by atoms with Gasteiger partial charge in [-0.05, 0) is 6.42 Å². The quantitative estimate of drug-likeness (QED) is 0.580. The van der Waals surface area contributed by atoms with Crippen LogP contribution in [0, 0.1) is 5.92 Å². The van der Waals surface area contributed by atoms with E-state index in [1.807, 2.05) is 6.92 Å². The largest absolute Gasteiger partial charge is 0.356 e. The minimum Gasteiger partial charge on any atom is -0.356 e. The number of H-pyrrole nitrogens is 1. The lowest BCUT2D eigenvalue weighted by Gasteiger charge is -2.08. The first-order chi connectivity index (χ1) is 7.24. The highest BCUT2D eigenvalue weighted by Crippen LogP contribution is 1.95. The van der Waals surface area contributed by atoms with Crippen LogP contribution in [0.5, 0.6) is 0 Å². The van der Waals surface area contributed by atoms with Crippen LogP contribution in [0.3, 0.4) is 0 Å². The molecule has 15 heavy (non-hydrogen) atoms. The Balaban J connectivity index is 2.09. The van der Waals surface area contributed by atoms with Crippen LogP contribution in [0.4, 0.5) is 0 Å². The molecule has 4 N–H and O–H groups in total. The van der Waals surface area contributed by atoms with Crippen molar-refractivity contribution in [2.45, 2.75) is 19.8 Å². The molecule has 0 aliphatic rings. The van der Waals surface area contributed by atoms with E-state index in [2.05, 4.69) is 15.3 Å². The van der Waals surface area contributed by atoms with Crippen LogP contribution in [0.15, 0.2) is 12.4 Å². The van der Waals surface area contributed by atoms with Crippen molar-refractivity contribution in [2.24, 2.45) is 11.7 Å². The van der Waals surface area contributed by atoms with Gasteiger partial charge in [0.2, 0.25) is 5.91 Å². The summed E-state index contributed by atoms with van der Waals surface area (Å²) in [4.78, 5) is 18.4. The van der Waals surface area contributed by atoms with Crippen molar-refractivity contribution in [1.82, 2.24) is 15.3 Å². The summed E-state index contributed by atoms with van der Waals surface area (Å²) < 4.78 is 0. The van der Waals surface area contributed by atoms with Crippen LogP contribution in [0.25, 0.3) is 0 Å². The Bertz CT molecular complexity index is 284. The Labute approximate surface area is 89.5 Å². The van der Waals surface area contributed by atoms with Crippen LogP contribution < -0.4 is 11.1 Å². The number of nitrogens with one attached hydrogen (secondary N) is 2. The number of amides is 1. The summed E-state index contributed by atoms with van der Waals surface area (Å²) in [7, 11) is 0. The van der Waals surface area contributed by atoms with Crippen LogP contribution in [0.2, 0.25) is 0 Å². The summed E-state index contributed by atoms with van der Waals surface area (Å²) in [6.45, 7) is 2.88. The van der Waals surface area contributed by atoms with E-state index in [9.17, 15) is 4.79 Å². The van der Waals surface area contributed by atoms with Crippen LogP contribution in [-0.4, -0.2) is 29.0 Å². The number of nitrogens with zero attached hydrogens (tertiary/aromatic N) is 1. The first-order valence-corrected chi connectivity index (χ1v) is 5.20. The third-order valence-electron chi connectivity index (χ3n) is 2.25. The molecule has 0 spiro atoms. The highest BCUT2D eigenvalue weighted by Gasteiger charge is 2.09. The maximum absolute atomic E-state index is 11.3. The molecule has 1 heterocycles. The monoisotopic (exact) mass is 210 g/mol. The van der Waals surface area contributed by atoms with Crippen molar-refractivity contribution >= 4 is 5.91 Å². The topological polar surface area (TPSA) is 83.8 Å². The fourth-order valence-electron chi connectivity index (χ4n) is 1.18. The number of aromatic amines is 1. The van der Waals surface area contributed by atoms with Gasteiger partial charge in [-0.2, -0.15) is 0 Å². The normalized spacial score (nSPS) is 12.4. The summed E-state index contributed by atoms with van der Waals surface area (Å²) >= 11 is 0. The predicted molar refractivity (Wildman–Crippen MR) is 58.1 cm³/mol. The van der Waals surface area contributed by atoms with Crippen LogP contribution in [-0.2, 0) is 11.2 Å². The van der Waals surface area contributed by atoms with E-state index in [-0.39, 0.29) is 11.8 Å². The lowest BCUT2D eigenvalue weighted by molar-refractivity contribution is -0.124. The molecule has 0 saturated heterocycles. The molecule has 1 aromatic heterocycles. The van der Waals surface area contributed by atoms with Gasteiger partial charge >= 0.3 is 0 Å². The maximum atomic E-state index is 11.3. The summed E-state index contributed by atoms with van der Waals surface area (Å²) in [5, 5.41) is 2.84. The van der Waals surface area contributed by atoms with E-state index < -0.39 is 0 Å². The van der Waals surface area contributed by atoms with Gasteiger partial charge in [0, 0.05) is 37.8 Å². The minimum absolute atomic E-state index is 0.0249. The summed E-state index contributed by atoms with van der Waals surface area (Å²) in [5.74, 6) is 0.877. The highest BCUT2D eigenvalue weighted by molar-refractivity contribution is 5.78. The SMILES string of the molecule is CC(CN)C(=O)NCCCc1ncc[nH]1. The number of carbonyl (C=O) groups is 1. The van der Waals surface area contributed by atoms with Crippen molar-refractivity contribution in [2.75, 3.05) is 13.1 Å². The number of nitrogens with two attached hydrogens (primary N) is 1. The standard InChI is InChI=1S/C10H18N4O/c1-8(7-11)10(15)14-4-2-3-9-12-5-6-13-9/h5-6,8H,2-4,7,11H2,1H3,(H,12,13)(H,14,15). The molecule has 5 nitrogen and oxygen atoms in total. The zero-order chi connectivity index (χ0) is 11.1. The van der Waals surface area contributed by atoms with Crippen molar-refractivity contribution in [3.63, 3.8) is 0 Å². The average Bonchev–Trinajstić information content (AvgIpc) is 2.75. The van der Waals surface area contributed by atoms with Gasteiger partial charge in [0.25, 0.3) is 0 Å². The number of hydrogen-bond acceptors (Lipinski definition) is 3. The first kappa shape index (κ1) is 11.7. The van der Waals surface area contributed by atoms with E-state index in [1.165, 1.54) is 0 Å². The second-order valence-electron chi connectivity index (χ2n) is 3.57. The summed E-state index contributed by atoms with van der Waals surface area (Å²) in [6.07, 6.45) is 5.26. The van der Waals surface area contributed by atoms with Gasteiger partial charge in [0.1, 0.15) is 5.82 Å². The number of rotatable bonds is 6. The molecule has 1 amide bonds. The third-order valence-corrected chi connectivity index (χ3v) is 2.25. The van der Waals surface area contributed by atoms with E-state index in [0.29, 0.717) is 13.1 Å². The lowest BCUT2D eigenvalue weighted by Crippen LogP contribution is -2.33. The molecule has 1 unspecified atom stereocenters. The number of hydrogen-bond donors (Lipinski definition) is 3. The Morgan fingerprint density at radius 2 is 2.53 bits per heavy atom. The lowest BCUT2D eigenvalue weighted by atomic mass is 10.1. The molecule has 0 radical (unpaired) electrons. The fraction of sp³-hybridized carbons (Fsp3) is 0.600. The zero-order valence-electron chi connectivity index (χ0n) is 8.99. The number of imidazole rings is 1. The number of carbonyl (C=O) groups excluding carboxylic acids is 1. The zero-order valence-corrected chi connectivity index (χ0v) is 8.99. The van der Waals surface area contributed by atoms with Gasteiger partial charge in [-0.3, -0.25) is 4.79 Å². The van der Waals surface area contributed by atoms with E-state index in [4.69, 9.17) is 5.73 Å². The average molecular weight is 210 g/mol. The van der Waals surface area contributed by atoms with Crippen molar-refractivity contribution in [3.05, 3.63) is 18.2 Å². The maximum Gasteiger partial charge on any atom is 0.224 e. The number of aryl methyl sites for hydroxylation is 1. The Morgan fingerprint density at radius 3 is 3.13 bits per heavy atom. The molecule has 5 heteroatoms. The van der Waals surface area contributed by atoms with Gasteiger partial charge in [-0.15, -0.1) is 0 Å². The fourth-order valence-corrected chi connectivity index (χ4v) is 1.18. The Kier molecular flexibility index (Phi) is 4.83. The molecule has 0 saturated carbocycles. The number of aromatic nitrogens is 2. The molecule has 1 atom stereocenters. The van der Waals surface area contributed by atoms with Gasteiger partial charge in [-0.25, -0.2) is 4.98 Å². The van der Waals surface area contributed by atoms with Crippen LogP contribution >= 0.6 is 0 Å².